The average molecular weight is 359 g/mol. The zero-order valence-corrected chi connectivity index (χ0v) is 16.6. The van der Waals surface area contributed by atoms with Gasteiger partial charge >= 0.3 is 0 Å². The van der Waals surface area contributed by atoms with Gasteiger partial charge < -0.3 is 0 Å². The number of hydrogen-bond acceptors (Lipinski definition) is 1. The van der Waals surface area contributed by atoms with E-state index in [0.29, 0.717) is 0 Å². The molecule has 0 aliphatic heterocycles. The Morgan fingerprint density at radius 3 is 2.04 bits per heavy atom. The maximum Gasteiger partial charge on any atom is 0.0314 e. The Morgan fingerprint density at radius 2 is 1.50 bits per heavy atom. The van der Waals surface area contributed by atoms with Crippen molar-refractivity contribution < 1.29 is 0 Å². The van der Waals surface area contributed by atoms with Crippen LogP contribution in [0.25, 0.3) is 35.4 Å². The summed E-state index contributed by atoms with van der Waals surface area (Å²) in [4.78, 5) is 0. The molecule has 1 unspecified atom stereocenters. The minimum absolute atomic E-state index is 0.173. The summed E-state index contributed by atoms with van der Waals surface area (Å²) >= 11 is 4.94. The van der Waals surface area contributed by atoms with Gasteiger partial charge in [0.25, 0.3) is 0 Å². The van der Waals surface area contributed by atoms with Crippen LogP contribution < -0.4 is 0 Å². The Bertz CT molecular complexity index is 944. The molecule has 3 rings (SSSR count). The lowest BCUT2D eigenvalue weighted by atomic mass is 9.75. The van der Waals surface area contributed by atoms with Gasteiger partial charge in [-0.15, -0.1) is 0 Å². The van der Waals surface area contributed by atoms with Gasteiger partial charge in [-0.1, -0.05) is 69.7 Å². The fourth-order valence-electron chi connectivity index (χ4n) is 4.28. The molecular weight excluding hydrogens is 332 g/mol. The lowest BCUT2D eigenvalue weighted by Gasteiger charge is -2.31. The Labute approximate surface area is 163 Å². The van der Waals surface area contributed by atoms with Crippen molar-refractivity contribution >= 4 is 36.9 Å². The minimum atomic E-state index is 0.173. The molecule has 0 fully saturated rings. The van der Waals surface area contributed by atoms with Crippen molar-refractivity contribution in [3.63, 3.8) is 0 Å². The summed E-state index contributed by atoms with van der Waals surface area (Å²) in [5, 5.41) is 0.173. The molecule has 1 heteroatoms. The largest absolute Gasteiger partial charge is 0.171 e. The first kappa shape index (κ1) is 18.5. The van der Waals surface area contributed by atoms with E-state index in [1.165, 1.54) is 38.9 Å². The van der Waals surface area contributed by atoms with Crippen LogP contribution in [0.2, 0.25) is 0 Å². The van der Waals surface area contributed by atoms with Crippen LogP contribution in [-0.2, 0) is 12.8 Å². The van der Waals surface area contributed by atoms with Crippen LogP contribution in [0, 0.1) is 6.92 Å². The summed E-state index contributed by atoms with van der Waals surface area (Å²) in [7, 11) is 0. The molecule has 0 aromatic heterocycles. The molecule has 0 nitrogen and oxygen atoms in total. The Balaban J connectivity index is 2.55. The van der Waals surface area contributed by atoms with Crippen molar-refractivity contribution in [2.75, 3.05) is 0 Å². The van der Waals surface area contributed by atoms with Crippen molar-refractivity contribution in [3.8, 4) is 11.1 Å². The third-order valence-electron chi connectivity index (χ3n) is 5.44. The first-order valence-electron chi connectivity index (χ1n) is 9.06. The molecule has 132 valence electrons. The van der Waals surface area contributed by atoms with E-state index in [0.717, 1.165) is 29.5 Å². The van der Waals surface area contributed by atoms with Crippen molar-refractivity contribution in [1.29, 1.82) is 0 Å². The van der Waals surface area contributed by atoms with Gasteiger partial charge in [-0.2, -0.15) is 12.6 Å². The van der Waals surface area contributed by atoms with Gasteiger partial charge in [-0.25, -0.2) is 0 Å². The van der Waals surface area contributed by atoms with E-state index in [-0.39, 0.29) is 5.25 Å². The highest BCUT2D eigenvalue weighted by Crippen LogP contribution is 2.48. The lowest BCUT2D eigenvalue weighted by molar-refractivity contribution is 0.912. The van der Waals surface area contributed by atoms with Crippen molar-refractivity contribution in [2.24, 2.45) is 0 Å². The third-order valence-corrected chi connectivity index (χ3v) is 5.90. The second kappa shape index (κ2) is 7.17. The number of thiol groups is 1. The number of aryl methyl sites for hydroxylation is 2. The number of rotatable bonds is 5. The highest BCUT2D eigenvalue weighted by molar-refractivity contribution is 7.80. The van der Waals surface area contributed by atoms with Gasteiger partial charge in [0.15, 0.2) is 0 Å². The van der Waals surface area contributed by atoms with E-state index in [4.69, 9.17) is 12.6 Å². The topological polar surface area (TPSA) is 0 Å². The molecule has 0 amide bonds. The van der Waals surface area contributed by atoms with Crippen molar-refractivity contribution in [1.82, 2.24) is 0 Å². The monoisotopic (exact) mass is 358 g/mol. The summed E-state index contributed by atoms with van der Waals surface area (Å²) in [6.07, 6.45) is 9.68. The predicted molar refractivity (Wildman–Crippen MR) is 122 cm³/mol. The SMILES string of the molecule is C=Cc1c(C)cc2c(c1C=C)-c1c(cc(CC)c(C=C)c1C=C)C(S)C2. The summed E-state index contributed by atoms with van der Waals surface area (Å²) in [6, 6.07) is 4.58. The summed E-state index contributed by atoms with van der Waals surface area (Å²) < 4.78 is 0. The molecule has 0 saturated heterocycles. The molecule has 0 saturated carbocycles. The Morgan fingerprint density at radius 1 is 0.923 bits per heavy atom. The van der Waals surface area contributed by atoms with Crippen LogP contribution >= 0.6 is 12.6 Å². The third kappa shape index (κ3) is 2.62. The molecule has 0 radical (unpaired) electrons. The molecule has 0 bridgehead atoms. The molecule has 1 aliphatic carbocycles. The molecule has 0 heterocycles. The van der Waals surface area contributed by atoms with Gasteiger partial charge in [0.2, 0.25) is 0 Å². The average Bonchev–Trinajstić information content (AvgIpc) is 2.65. The molecule has 1 atom stereocenters. The fourth-order valence-corrected chi connectivity index (χ4v) is 4.68. The molecule has 26 heavy (non-hydrogen) atoms. The second-order valence-electron chi connectivity index (χ2n) is 6.77. The summed E-state index contributed by atoms with van der Waals surface area (Å²) in [5.74, 6) is 0. The number of hydrogen-bond donors (Lipinski definition) is 1. The van der Waals surface area contributed by atoms with E-state index in [9.17, 15) is 0 Å². The number of benzene rings is 2. The van der Waals surface area contributed by atoms with Crippen LogP contribution in [0.5, 0.6) is 0 Å². The molecule has 2 aromatic rings. The lowest BCUT2D eigenvalue weighted by Crippen LogP contribution is -2.13. The van der Waals surface area contributed by atoms with Gasteiger partial charge in [0.05, 0.1) is 0 Å². The highest BCUT2D eigenvalue weighted by Gasteiger charge is 2.29. The van der Waals surface area contributed by atoms with Crippen LogP contribution in [0.3, 0.4) is 0 Å². The number of fused-ring (bicyclic) bond motifs is 3. The van der Waals surface area contributed by atoms with Crippen LogP contribution in [0.4, 0.5) is 0 Å². The van der Waals surface area contributed by atoms with Crippen LogP contribution in [0.15, 0.2) is 38.4 Å². The van der Waals surface area contributed by atoms with Crippen molar-refractivity contribution in [3.05, 3.63) is 83.0 Å². The van der Waals surface area contributed by atoms with E-state index in [1.54, 1.807) is 0 Å². The zero-order valence-electron chi connectivity index (χ0n) is 15.7. The smallest absolute Gasteiger partial charge is 0.0314 e. The Hall–Kier alpha value is -2.25. The highest BCUT2D eigenvalue weighted by atomic mass is 32.1. The second-order valence-corrected chi connectivity index (χ2v) is 7.40. The van der Waals surface area contributed by atoms with Gasteiger partial charge in [0.1, 0.15) is 0 Å². The molecule has 1 aliphatic rings. The van der Waals surface area contributed by atoms with E-state index >= 15 is 0 Å². The molecule has 0 N–H and O–H groups in total. The standard InChI is InChI=1S/C25H26S/c1-7-16-13-22-23(26)14-17-12-15(6)18(8-2)20(10-4)24(17)25(22)21(11-5)19(16)9-3/h8-13,23,26H,2-5,7,14H2,1,6H3. The molecule has 2 aromatic carbocycles. The first-order chi connectivity index (χ1) is 12.5. The van der Waals surface area contributed by atoms with E-state index in [2.05, 4.69) is 52.3 Å². The maximum absolute atomic E-state index is 4.94. The maximum atomic E-state index is 4.94. The quantitative estimate of drug-likeness (QED) is 0.532. The Kier molecular flexibility index (Phi) is 5.11. The summed E-state index contributed by atoms with van der Waals surface area (Å²) in [6.45, 7) is 20.6. The zero-order chi connectivity index (χ0) is 19.0. The van der Waals surface area contributed by atoms with Gasteiger partial charge in [-0.05, 0) is 75.4 Å². The molecular formula is C25H26S. The fraction of sp³-hybridized carbons (Fsp3) is 0.200. The van der Waals surface area contributed by atoms with E-state index in [1.807, 2.05) is 24.3 Å². The van der Waals surface area contributed by atoms with Gasteiger partial charge in [-0.3, -0.25) is 0 Å². The van der Waals surface area contributed by atoms with Crippen molar-refractivity contribution in [2.45, 2.75) is 31.9 Å². The molecule has 0 spiro atoms. The normalized spacial score (nSPS) is 15.0. The first-order valence-corrected chi connectivity index (χ1v) is 9.58. The predicted octanol–water partition coefficient (Wildman–Crippen LogP) is 7.32. The van der Waals surface area contributed by atoms with Crippen LogP contribution in [0.1, 0.15) is 56.7 Å². The van der Waals surface area contributed by atoms with Crippen LogP contribution in [-0.4, -0.2) is 0 Å². The van der Waals surface area contributed by atoms with Gasteiger partial charge in [0, 0.05) is 5.25 Å². The van der Waals surface area contributed by atoms with E-state index < -0.39 is 0 Å². The minimum Gasteiger partial charge on any atom is -0.171 e. The summed E-state index contributed by atoms with van der Waals surface area (Å²) in [5.41, 5.74) is 12.2.